The SMILES string of the molecule is CC(C)(C)[Si](C)(C)C1C[C@@H](O)CC2CC[C@@H]3[C@H](CC[C@]4(C)C(=O)CC[C@@H]34)[C@]21C. The normalized spacial score (nSPS) is 49.4. The van der Waals surface area contributed by atoms with Crippen LogP contribution in [0.3, 0.4) is 0 Å². The van der Waals surface area contributed by atoms with Crippen LogP contribution in [0.4, 0.5) is 0 Å². The van der Waals surface area contributed by atoms with E-state index in [0.717, 1.165) is 43.9 Å². The molecule has 0 heterocycles. The molecule has 0 amide bonds. The Morgan fingerprint density at radius 2 is 1.68 bits per heavy atom. The van der Waals surface area contributed by atoms with Crippen LogP contribution in [0.15, 0.2) is 0 Å². The largest absolute Gasteiger partial charge is 0.393 e. The summed E-state index contributed by atoms with van der Waals surface area (Å²) < 4.78 is 0. The number of fused-ring (bicyclic) bond motifs is 5. The van der Waals surface area contributed by atoms with Gasteiger partial charge in [0, 0.05) is 11.8 Å². The summed E-state index contributed by atoms with van der Waals surface area (Å²) in [6.45, 7) is 17.5. The molecular formula is C25H44O2Si. The Labute approximate surface area is 174 Å². The first-order valence-corrected chi connectivity index (χ1v) is 15.1. The Morgan fingerprint density at radius 1 is 1.00 bits per heavy atom. The zero-order valence-corrected chi connectivity index (χ0v) is 20.5. The lowest BCUT2D eigenvalue weighted by Crippen LogP contribution is -2.61. The molecule has 1 N–H and O–H groups in total. The molecule has 3 heteroatoms. The molecule has 4 rings (SSSR count). The number of hydrogen-bond acceptors (Lipinski definition) is 2. The van der Waals surface area contributed by atoms with E-state index < -0.39 is 8.07 Å². The van der Waals surface area contributed by atoms with E-state index in [9.17, 15) is 9.90 Å². The molecule has 0 radical (unpaired) electrons. The molecule has 0 aromatic rings. The van der Waals surface area contributed by atoms with Crippen molar-refractivity contribution in [2.24, 2.45) is 34.5 Å². The first kappa shape index (κ1) is 21.1. The summed E-state index contributed by atoms with van der Waals surface area (Å²) in [7, 11) is -1.60. The predicted molar refractivity (Wildman–Crippen MR) is 119 cm³/mol. The first-order chi connectivity index (χ1) is 12.8. The molecule has 2 nitrogen and oxygen atoms in total. The highest BCUT2D eigenvalue weighted by Gasteiger charge is 2.65. The van der Waals surface area contributed by atoms with Gasteiger partial charge in [-0.2, -0.15) is 0 Å². The van der Waals surface area contributed by atoms with Crippen LogP contribution in [0.2, 0.25) is 23.7 Å². The number of carbonyl (C=O) groups is 1. The van der Waals surface area contributed by atoms with Crippen molar-refractivity contribution in [2.45, 2.75) is 116 Å². The van der Waals surface area contributed by atoms with Gasteiger partial charge in [0.05, 0.1) is 14.2 Å². The molecule has 4 saturated carbocycles. The van der Waals surface area contributed by atoms with Gasteiger partial charge < -0.3 is 5.11 Å². The summed E-state index contributed by atoms with van der Waals surface area (Å²) in [5, 5.41) is 11.2. The molecule has 2 unspecified atom stereocenters. The van der Waals surface area contributed by atoms with Gasteiger partial charge in [0.15, 0.2) is 0 Å². The van der Waals surface area contributed by atoms with Crippen LogP contribution in [0.25, 0.3) is 0 Å². The van der Waals surface area contributed by atoms with Crippen LogP contribution in [0.1, 0.15) is 86.0 Å². The van der Waals surface area contributed by atoms with Crippen molar-refractivity contribution in [3.05, 3.63) is 0 Å². The predicted octanol–water partition coefficient (Wildman–Crippen LogP) is 6.45. The van der Waals surface area contributed by atoms with Gasteiger partial charge in [-0.05, 0) is 84.6 Å². The summed E-state index contributed by atoms with van der Waals surface area (Å²) >= 11 is 0. The summed E-state index contributed by atoms with van der Waals surface area (Å²) in [6.07, 6.45) is 8.86. The van der Waals surface area contributed by atoms with Gasteiger partial charge in [-0.25, -0.2) is 0 Å². The van der Waals surface area contributed by atoms with Crippen LogP contribution in [0.5, 0.6) is 0 Å². The fraction of sp³-hybridized carbons (Fsp3) is 0.960. The maximum absolute atomic E-state index is 12.7. The monoisotopic (exact) mass is 404 g/mol. The Balaban J connectivity index is 1.75. The minimum Gasteiger partial charge on any atom is -0.393 e. The summed E-state index contributed by atoms with van der Waals surface area (Å²) in [6, 6.07) is 0. The second-order valence-corrected chi connectivity index (χ2v) is 18.7. The van der Waals surface area contributed by atoms with Crippen molar-refractivity contribution in [1.82, 2.24) is 0 Å². The van der Waals surface area contributed by atoms with Gasteiger partial charge in [-0.3, -0.25) is 4.79 Å². The maximum atomic E-state index is 12.7. The van der Waals surface area contributed by atoms with Gasteiger partial charge in [0.25, 0.3) is 0 Å². The molecule has 4 aliphatic rings. The van der Waals surface area contributed by atoms with E-state index in [-0.39, 0.29) is 11.5 Å². The van der Waals surface area contributed by atoms with Gasteiger partial charge in [0.2, 0.25) is 0 Å². The maximum Gasteiger partial charge on any atom is 0.139 e. The first-order valence-electron chi connectivity index (χ1n) is 12.0. The van der Waals surface area contributed by atoms with E-state index in [0.29, 0.717) is 33.6 Å². The van der Waals surface area contributed by atoms with Crippen LogP contribution in [-0.2, 0) is 4.79 Å². The Hall–Kier alpha value is -0.153. The van der Waals surface area contributed by atoms with Gasteiger partial charge in [-0.15, -0.1) is 0 Å². The molecule has 0 aliphatic heterocycles. The fourth-order valence-electron chi connectivity index (χ4n) is 8.70. The average molecular weight is 405 g/mol. The molecule has 0 spiro atoms. The number of Topliss-reactive ketones (excluding diaryl/α,β-unsaturated/α-hetero) is 1. The summed E-state index contributed by atoms with van der Waals surface area (Å²) in [5.74, 6) is 3.38. The standard InChI is InChI=1S/C25H44O2Si/c1-23(2,3)28(6,7)22-15-17(26)14-16-8-9-18-19-10-11-21(27)24(19,4)13-12-20(18)25(16,22)5/h16-20,22,26H,8-15H2,1-7H3/t16?,17-,18-,19-,20-,22?,24-,25-/m0/s1. The van der Waals surface area contributed by atoms with E-state index in [2.05, 4.69) is 47.7 Å². The molecule has 4 fully saturated rings. The summed E-state index contributed by atoms with van der Waals surface area (Å²) in [4.78, 5) is 12.7. The molecule has 0 bridgehead atoms. The fourth-order valence-corrected chi connectivity index (χ4v) is 12.6. The van der Waals surface area contributed by atoms with Gasteiger partial charge in [-0.1, -0.05) is 47.7 Å². The third-order valence-electron chi connectivity index (χ3n) is 11.3. The van der Waals surface area contributed by atoms with E-state index >= 15 is 0 Å². The number of rotatable bonds is 1. The van der Waals surface area contributed by atoms with Crippen LogP contribution < -0.4 is 0 Å². The molecule has 8 atom stereocenters. The van der Waals surface area contributed by atoms with Crippen molar-refractivity contribution >= 4 is 13.9 Å². The van der Waals surface area contributed by atoms with Gasteiger partial charge in [0.1, 0.15) is 5.78 Å². The zero-order chi connectivity index (χ0) is 20.7. The lowest BCUT2D eigenvalue weighted by Gasteiger charge is -2.66. The molecule has 4 aliphatic carbocycles. The summed E-state index contributed by atoms with van der Waals surface area (Å²) in [5.41, 5.74) is 1.02. The topological polar surface area (TPSA) is 37.3 Å². The zero-order valence-electron chi connectivity index (χ0n) is 19.5. The molecule has 0 saturated heterocycles. The lowest BCUT2D eigenvalue weighted by molar-refractivity contribution is -0.142. The Kier molecular flexibility index (Phi) is 4.84. The average Bonchev–Trinajstić information content (AvgIpc) is 2.89. The minimum atomic E-state index is -1.60. The number of carbonyl (C=O) groups excluding carboxylic acids is 1. The van der Waals surface area contributed by atoms with Crippen molar-refractivity contribution in [3.63, 3.8) is 0 Å². The number of hydrogen-bond donors (Lipinski definition) is 1. The minimum absolute atomic E-state index is 0.0228. The molecule has 0 aromatic heterocycles. The van der Waals surface area contributed by atoms with E-state index in [1.165, 1.54) is 19.3 Å². The Morgan fingerprint density at radius 3 is 2.32 bits per heavy atom. The molecule has 160 valence electrons. The van der Waals surface area contributed by atoms with E-state index in [1.54, 1.807) is 0 Å². The quantitative estimate of drug-likeness (QED) is 0.510. The van der Waals surface area contributed by atoms with Crippen LogP contribution in [-0.4, -0.2) is 25.1 Å². The second-order valence-electron chi connectivity index (χ2n) is 13.1. The van der Waals surface area contributed by atoms with Crippen LogP contribution >= 0.6 is 0 Å². The third kappa shape index (κ3) is 2.70. The third-order valence-corrected chi connectivity index (χ3v) is 17.8. The molecule has 28 heavy (non-hydrogen) atoms. The van der Waals surface area contributed by atoms with Crippen molar-refractivity contribution in [2.75, 3.05) is 0 Å². The highest BCUT2D eigenvalue weighted by molar-refractivity contribution is 6.81. The van der Waals surface area contributed by atoms with Crippen LogP contribution in [0, 0.1) is 34.5 Å². The molecule has 0 aromatic carbocycles. The van der Waals surface area contributed by atoms with Crippen molar-refractivity contribution < 1.29 is 9.90 Å². The van der Waals surface area contributed by atoms with Crippen molar-refractivity contribution in [3.8, 4) is 0 Å². The molecular weight excluding hydrogens is 360 g/mol. The smallest absolute Gasteiger partial charge is 0.139 e. The number of aliphatic hydroxyl groups excluding tert-OH is 1. The van der Waals surface area contributed by atoms with Gasteiger partial charge >= 0.3 is 0 Å². The number of ketones is 1. The highest BCUT2D eigenvalue weighted by Crippen LogP contribution is 2.70. The number of aliphatic hydroxyl groups is 1. The van der Waals surface area contributed by atoms with Crippen molar-refractivity contribution in [1.29, 1.82) is 0 Å². The van der Waals surface area contributed by atoms with E-state index in [1.807, 2.05) is 0 Å². The highest BCUT2D eigenvalue weighted by atomic mass is 28.3. The lowest BCUT2D eigenvalue weighted by atomic mass is 9.45. The second kappa shape index (κ2) is 6.42. The van der Waals surface area contributed by atoms with E-state index in [4.69, 9.17) is 0 Å². The Bertz CT molecular complexity index is 649.